The number of carbonyl (C=O) groups excluding carboxylic acids is 1. The summed E-state index contributed by atoms with van der Waals surface area (Å²) in [7, 11) is 0. The Morgan fingerprint density at radius 3 is 2.52 bits per heavy atom. The standard InChI is InChI=1S/C22H25N5O2/c1-16-12-26(13-17(2)29-16)14-18-3-5-19(6-4-18)22(28)25-20-7-8-21(24-11-20)27-10-9-23-15-27/h3-11,15-17H,12-14H2,1-2H3,(H,25,28). The zero-order chi connectivity index (χ0) is 20.2. The summed E-state index contributed by atoms with van der Waals surface area (Å²) in [6.45, 7) is 6.92. The van der Waals surface area contributed by atoms with Crippen LogP contribution >= 0.6 is 0 Å². The molecule has 150 valence electrons. The van der Waals surface area contributed by atoms with Crippen LogP contribution in [-0.2, 0) is 11.3 Å². The van der Waals surface area contributed by atoms with E-state index in [1.54, 1.807) is 23.3 Å². The maximum absolute atomic E-state index is 12.5. The normalized spacial score (nSPS) is 19.8. The minimum Gasteiger partial charge on any atom is -0.373 e. The van der Waals surface area contributed by atoms with E-state index in [0.717, 1.165) is 25.5 Å². The number of ether oxygens (including phenoxy) is 1. The first kappa shape index (κ1) is 19.3. The number of carbonyl (C=O) groups is 1. The molecule has 7 heteroatoms. The number of amides is 1. The third-order valence-corrected chi connectivity index (χ3v) is 4.89. The fourth-order valence-electron chi connectivity index (χ4n) is 3.64. The first-order chi connectivity index (χ1) is 14.1. The minimum absolute atomic E-state index is 0.151. The first-order valence-electron chi connectivity index (χ1n) is 9.79. The molecule has 2 aromatic heterocycles. The number of aromatic nitrogens is 3. The monoisotopic (exact) mass is 391 g/mol. The fraction of sp³-hybridized carbons (Fsp3) is 0.318. The third kappa shape index (κ3) is 4.88. The molecule has 0 aliphatic carbocycles. The molecule has 1 aromatic carbocycles. The Morgan fingerprint density at radius 1 is 1.14 bits per heavy atom. The molecule has 0 spiro atoms. The van der Waals surface area contributed by atoms with Gasteiger partial charge in [-0.2, -0.15) is 0 Å². The average molecular weight is 391 g/mol. The molecule has 1 aliphatic rings. The largest absolute Gasteiger partial charge is 0.373 e. The molecular weight excluding hydrogens is 366 g/mol. The van der Waals surface area contributed by atoms with Crippen LogP contribution in [-0.4, -0.2) is 50.6 Å². The number of pyridine rings is 1. The second-order valence-electron chi connectivity index (χ2n) is 7.48. The first-order valence-corrected chi connectivity index (χ1v) is 9.79. The number of hydrogen-bond acceptors (Lipinski definition) is 5. The SMILES string of the molecule is CC1CN(Cc2ccc(C(=O)Nc3ccc(-n4ccnc4)nc3)cc2)CC(C)O1. The molecule has 3 heterocycles. The number of morpholine rings is 1. The quantitative estimate of drug-likeness (QED) is 0.723. The molecule has 0 radical (unpaired) electrons. The van der Waals surface area contributed by atoms with E-state index in [1.807, 2.05) is 42.6 Å². The van der Waals surface area contributed by atoms with Crippen molar-refractivity contribution in [3.8, 4) is 5.82 Å². The van der Waals surface area contributed by atoms with E-state index in [0.29, 0.717) is 11.3 Å². The van der Waals surface area contributed by atoms with Crippen molar-refractivity contribution in [1.29, 1.82) is 0 Å². The second-order valence-corrected chi connectivity index (χ2v) is 7.48. The Labute approximate surface area is 170 Å². The Hall–Kier alpha value is -3.03. The van der Waals surface area contributed by atoms with E-state index in [-0.39, 0.29) is 18.1 Å². The minimum atomic E-state index is -0.151. The number of hydrogen-bond donors (Lipinski definition) is 1. The zero-order valence-corrected chi connectivity index (χ0v) is 16.7. The summed E-state index contributed by atoms with van der Waals surface area (Å²) >= 11 is 0. The van der Waals surface area contributed by atoms with E-state index in [1.165, 1.54) is 5.56 Å². The number of nitrogens with one attached hydrogen (secondary N) is 1. The van der Waals surface area contributed by atoms with Gasteiger partial charge in [0, 0.05) is 37.6 Å². The van der Waals surface area contributed by atoms with Crippen molar-refractivity contribution in [1.82, 2.24) is 19.4 Å². The van der Waals surface area contributed by atoms with Crippen molar-refractivity contribution in [2.24, 2.45) is 0 Å². The molecule has 1 amide bonds. The smallest absolute Gasteiger partial charge is 0.255 e. The fourth-order valence-corrected chi connectivity index (χ4v) is 3.64. The highest BCUT2D eigenvalue weighted by molar-refractivity contribution is 6.04. The van der Waals surface area contributed by atoms with Gasteiger partial charge in [-0.15, -0.1) is 0 Å². The number of anilines is 1. The second kappa shape index (κ2) is 8.55. The Kier molecular flexibility index (Phi) is 5.69. The van der Waals surface area contributed by atoms with E-state index in [4.69, 9.17) is 4.74 Å². The van der Waals surface area contributed by atoms with E-state index < -0.39 is 0 Å². The van der Waals surface area contributed by atoms with E-state index in [9.17, 15) is 4.79 Å². The molecule has 1 aliphatic heterocycles. The van der Waals surface area contributed by atoms with Crippen molar-refractivity contribution in [3.05, 3.63) is 72.4 Å². The van der Waals surface area contributed by atoms with Crippen LogP contribution in [0.5, 0.6) is 0 Å². The number of imidazole rings is 1. The Balaban J connectivity index is 1.35. The van der Waals surface area contributed by atoms with Crippen LogP contribution in [0.1, 0.15) is 29.8 Å². The van der Waals surface area contributed by atoms with Crippen LogP contribution in [0.4, 0.5) is 5.69 Å². The summed E-state index contributed by atoms with van der Waals surface area (Å²) in [5.41, 5.74) is 2.46. The molecule has 3 aromatic rings. The van der Waals surface area contributed by atoms with Gasteiger partial charge in [0.2, 0.25) is 0 Å². The summed E-state index contributed by atoms with van der Waals surface area (Å²) < 4.78 is 7.59. The molecule has 1 saturated heterocycles. The van der Waals surface area contributed by atoms with Gasteiger partial charge in [-0.25, -0.2) is 9.97 Å². The van der Waals surface area contributed by atoms with E-state index in [2.05, 4.69) is 34.0 Å². The molecule has 7 nitrogen and oxygen atoms in total. The summed E-state index contributed by atoms with van der Waals surface area (Å²) in [6, 6.07) is 11.4. The Bertz CT molecular complexity index is 928. The highest BCUT2D eigenvalue weighted by Gasteiger charge is 2.22. The van der Waals surface area contributed by atoms with Gasteiger partial charge >= 0.3 is 0 Å². The van der Waals surface area contributed by atoms with Crippen molar-refractivity contribution in [2.45, 2.75) is 32.6 Å². The van der Waals surface area contributed by atoms with Crippen LogP contribution in [0.2, 0.25) is 0 Å². The van der Waals surface area contributed by atoms with Gasteiger partial charge in [0.25, 0.3) is 5.91 Å². The maximum atomic E-state index is 12.5. The van der Waals surface area contributed by atoms with Gasteiger partial charge in [-0.05, 0) is 43.7 Å². The molecular formula is C22H25N5O2. The van der Waals surface area contributed by atoms with Gasteiger partial charge < -0.3 is 10.1 Å². The summed E-state index contributed by atoms with van der Waals surface area (Å²) in [4.78, 5) is 23.3. The third-order valence-electron chi connectivity index (χ3n) is 4.89. The summed E-state index contributed by atoms with van der Waals surface area (Å²) in [5, 5.41) is 2.89. The predicted octanol–water partition coefficient (Wildman–Crippen LogP) is 3.13. The molecule has 2 unspecified atom stereocenters. The topological polar surface area (TPSA) is 72.3 Å². The lowest BCUT2D eigenvalue weighted by molar-refractivity contribution is -0.0704. The Morgan fingerprint density at radius 2 is 1.90 bits per heavy atom. The molecule has 4 rings (SSSR count). The van der Waals surface area contributed by atoms with Gasteiger partial charge in [0.05, 0.1) is 24.1 Å². The lowest BCUT2D eigenvalue weighted by Crippen LogP contribution is -2.44. The van der Waals surface area contributed by atoms with Gasteiger partial charge in [0.1, 0.15) is 12.1 Å². The van der Waals surface area contributed by atoms with E-state index >= 15 is 0 Å². The van der Waals surface area contributed by atoms with Crippen LogP contribution in [0, 0.1) is 0 Å². The summed E-state index contributed by atoms with van der Waals surface area (Å²) in [5.74, 6) is 0.596. The van der Waals surface area contributed by atoms with Crippen LogP contribution in [0.25, 0.3) is 5.82 Å². The zero-order valence-electron chi connectivity index (χ0n) is 16.7. The lowest BCUT2D eigenvalue weighted by Gasteiger charge is -2.35. The summed E-state index contributed by atoms with van der Waals surface area (Å²) in [6.07, 6.45) is 7.33. The molecule has 0 saturated carbocycles. The molecule has 2 atom stereocenters. The van der Waals surface area contributed by atoms with Crippen molar-refractivity contribution in [2.75, 3.05) is 18.4 Å². The average Bonchev–Trinajstić information content (AvgIpc) is 3.23. The number of benzene rings is 1. The highest BCUT2D eigenvalue weighted by atomic mass is 16.5. The number of rotatable bonds is 5. The van der Waals surface area contributed by atoms with Crippen molar-refractivity contribution < 1.29 is 9.53 Å². The van der Waals surface area contributed by atoms with Crippen molar-refractivity contribution >= 4 is 11.6 Å². The lowest BCUT2D eigenvalue weighted by atomic mass is 10.1. The number of nitrogens with zero attached hydrogens (tertiary/aromatic N) is 4. The molecule has 0 bridgehead atoms. The van der Waals surface area contributed by atoms with Crippen molar-refractivity contribution in [3.63, 3.8) is 0 Å². The van der Waals surface area contributed by atoms with Crippen LogP contribution in [0.15, 0.2) is 61.3 Å². The van der Waals surface area contributed by atoms with Gasteiger partial charge in [-0.1, -0.05) is 12.1 Å². The molecule has 29 heavy (non-hydrogen) atoms. The molecule has 1 fully saturated rings. The van der Waals surface area contributed by atoms with Gasteiger partial charge in [0.15, 0.2) is 0 Å². The maximum Gasteiger partial charge on any atom is 0.255 e. The predicted molar refractivity (Wildman–Crippen MR) is 111 cm³/mol. The molecule has 1 N–H and O–H groups in total. The van der Waals surface area contributed by atoms with Crippen LogP contribution in [0.3, 0.4) is 0 Å². The van der Waals surface area contributed by atoms with Crippen LogP contribution < -0.4 is 5.32 Å². The highest BCUT2D eigenvalue weighted by Crippen LogP contribution is 2.16. The van der Waals surface area contributed by atoms with Gasteiger partial charge in [-0.3, -0.25) is 14.3 Å².